The first-order valence-corrected chi connectivity index (χ1v) is 15.6. The topological polar surface area (TPSA) is 44.8 Å². The van der Waals surface area contributed by atoms with Gasteiger partial charge in [-0.3, -0.25) is 4.79 Å². The Hall–Kier alpha value is -0.596. The first-order valence-electron chi connectivity index (χ1n) is 8.82. The Labute approximate surface area is 142 Å². The summed E-state index contributed by atoms with van der Waals surface area (Å²) in [6.45, 7) is 12.9. The van der Waals surface area contributed by atoms with Gasteiger partial charge in [-0.15, -0.1) is 0 Å². The van der Waals surface area contributed by atoms with Gasteiger partial charge >= 0.3 is 5.97 Å². The van der Waals surface area contributed by atoms with Crippen LogP contribution in [0.15, 0.2) is 12.0 Å². The molecule has 0 radical (unpaired) electrons. The van der Waals surface area contributed by atoms with E-state index in [4.69, 9.17) is 13.6 Å². The fraction of sp³-hybridized carbons (Fsp3) is 0.824. The predicted octanol–water partition coefficient (Wildman–Crippen LogP) is 4.80. The van der Waals surface area contributed by atoms with Crippen molar-refractivity contribution in [3.05, 3.63) is 12.0 Å². The highest BCUT2D eigenvalue weighted by atomic mass is 28.4. The third-order valence-corrected chi connectivity index (χ3v) is 6.09. The van der Waals surface area contributed by atoms with Gasteiger partial charge in [-0.1, -0.05) is 19.3 Å². The van der Waals surface area contributed by atoms with Gasteiger partial charge in [0, 0.05) is 0 Å². The number of allylic oxidation sites excluding steroid dienone is 1. The number of hydrogen-bond acceptors (Lipinski definition) is 4. The third kappa shape index (κ3) is 5.19. The second kappa shape index (κ2) is 6.72. The zero-order valence-electron chi connectivity index (χ0n) is 15.5. The lowest BCUT2D eigenvalue weighted by molar-refractivity contribution is -0.161. The Morgan fingerprint density at radius 1 is 1.04 bits per heavy atom. The molecular formula is C17H32O4Si2. The van der Waals surface area contributed by atoms with Crippen molar-refractivity contribution in [1.29, 1.82) is 0 Å². The minimum Gasteiger partial charge on any atom is -0.520 e. The van der Waals surface area contributed by atoms with Crippen LogP contribution in [0.1, 0.15) is 38.5 Å². The maximum atomic E-state index is 12.7. The fourth-order valence-electron chi connectivity index (χ4n) is 3.60. The maximum absolute atomic E-state index is 12.7. The van der Waals surface area contributed by atoms with Crippen LogP contribution >= 0.6 is 0 Å². The van der Waals surface area contributed by atoms with E-state index < -0.39 is 16.6 Å². The molecule has 0 spiro atoms. The number of hydrogen-bond donors (Lipinski definition) is 0. The second-order valence-corrected chi connectivity index (χ2v) is 17.6. The molecule has 2 aliphatic rings. The van der Waals surface area contributed by atoms with Crippen molar-refractivity contribution in [2.45, 2.75) is 83.4 Å². The van der Waals surface area contributed by atoms with Crippen molar-refractivity contribution in [2.24, 2.45) is 5.92 Å². The summed E-state index contributed by atoms with van der Waals surface area (Å²) in [5.74, 6) is 0.0498. The Balaban J connectivity index is 2.19. The van der Waals surface area contributed by atoms with E-state index >= 15 is 0 Å². The van der Waals surface area contributed by atoms with Crippen molar-refractivity contribution in [3.8, 4) is 0 Å². The largest absolute Gasteiger partial charge is 0.520 e. The Kier molecular flexibility index (Phi) is 5.48. The molecular weight excluding hydrogens is 324 g/mol. The summed E-state index contributed by atoms with van der Waals surface area (Å²) in [7, 11) is -3.50. The normalized spacial score (nSPS) is 25.6. The number of esters is 1. The quantitative estimate of drug-likeness (QED) is 0.524. The molecule has 23 heavy (non-hydrogen) atoms. The van der Waals surface area contributed by atoms with Crippen LogP contribution in [-0.2, 0) is 18.4 Å². The standard InChI is InChI=1S/C17H32O4Si2/c1-22(2,3)20-15-11-10-14(16(18)19-15)17(21-23(4,5)6)12-8-7-9-13-17/h11,14H,7-10,12-13H2,1-6H3. The van der Waals surface area contributed by atoms with E-state index in [1.807, 2.05) is 6.08 Å². The molecule has 1 heterocycles. The summed E-state index contributed by atoms with van der Waals surface area (Å²) in [5, 5.41) is 0. The molecule has 0 bridgehead atoms. The van der Waals surface area contributed by atoms with Crippen LogP contribution in [0.3, 0.4) is 0 Å². The number of carbonyl (C=O) groups excluding carboxylic acids is 1. The first kappa shape index (κ1) is 18.7. The van der Waals surface area contributed by atoms with Crippen LogP contribution in [0, 0.1) is 5.92 Å². The SMILES string of the molecule is C[Si](C)(C)OC1=CCC(C2(O[Si](C)(C)C)CCCCC2)C(=O)O1. The molecule has 1 atom stereocenters. The molecule has 0 amide bonds. The van der Waals surface area contributed by atoms with Crippen LogP contribution < -0.4 is 0 Å². The summed E-state index contributed by atoms with van der Waals surface area (Å²) in [6.07, 6.45) is 8.06. The molecule has 1 aliphatic heterocycles. The van der Waals surface area contributed by atoms with Gasteiger partial charge in [-0.2, -0.15) is 0 Å². The molecule has 0 saturated heterocycles. The molecule has 0 aromatic rings. The second-order valence-electron chi connectivity index (χ2n) is 8.79. The maximum Gasteiger partial charge on any atom is 0.319 e. The number of carbonyl (C=O) groups is 1. The van der Waals surface area contributed by atoms with Gasteiger partial charge in [0.2, 0.25) is 8.32 Å². The lowest BCUT2D eigenvalue weighted by Gasteiger charge is -2.46. The van der Waals surface area contributed by atoms with Crippen LogP contribution in [-0.4, -0.2) is 28.2 Å². The van der Waals surface area contributed by atoms with Crippen molar-refractivity contribution < 1.29 is 18.4 Å². The number of ether oxygens (including phenoxy) is 1. The molecule has 6 heteroatoms. The van der Waals surface area contributed by atoms with Crippen LogP contribution in [0.25, 0.3) is 0 Å². The summed E-state index contributed by atoms with van der Waals surface area (Å²) < 4.78 is 18.0. The highest BCUT2D eigenvalue weighted by Crippen LogP contribution is 2.43. The predicted molar refractivity (Wildman–Crippen MR) is 97.0 cm³/mol. The Morgan fingerprint density at radius 2 is 1.65 bits per heavy atom. The molecule has 132 valence electrons. The Bertz CT molecular complexity index is 468. The van der Waals surface area contributed by atoms with Crippen molar-refractivity contribution in [3.63, 3.8) is 0 Å². The molecule has 1 aliphatic carbocycles. The third-order valence-electron chi connectivity index (χ3n) is 4.26. The van der Waals surface area contributed by atoms with Gasteiger partial charge < -0.3 is 13.6 Å². The highest BCUT2D eigenvalue weighted by Gasteiger charge is 2.49. The molecule has 0 aromatic carbocycles. The molecule has 0 N–H and O–H groups in total. The van der Waals surface area contributed by atoms with Crippen molar-refractivity contribution in [1.82, 2.24) is 0 Å². The lowest BCUT2D eigenvalue weighted by Crippen LogP contribution is -2.52. The van der Waals surface area contributed by atoms with Gasteiger partial charge in [0.1, 0.15) is 0 Å². The summed E-state index contributed by atoms with van der Waals surface area (Å²) >= 11 is 0. The van der Waals surface area contributed by atoms with Crippen LogP contribution in [0.2, 0.25) is 39.3 Å². The monoisotopic (exact) mass is 356 g/mol. The first-order chi connectivity index (χ1) is 10.5. The molecule has 1 unspecified atom stereocenters. The molecule has 4 nitrogen and oxygen atoms in total. The van der Waals surface area contributed by atoms with Crippen molar-refractivity contribution >= 4 is 22.6 Å². The molecule has 1 saturated carbocycles. The van der Waals surface area contributed by atoms with E-state index in [9.17, 15) is 4.79 Å². The zero-order chi connectivity index (χ0) is 17.3. The minimum absolute atomic E-state index is 0.166. The number of cyclic esters (lactones) is 1. The number of rotatable bonds is 5. The summed E-state index contributed by atoms with van der Waals surface area (Å²) in [6, 6.07) is 0. The van der Waals surface area contributed by atoms with Gasteiger partial charge in [0.15, 0.2) is 8.32 Å². The van der Waals surface area contributed by atoms with E-state index in [0.29, 0.717) is 12.4 Å². The summed E-state index contributed by atoms with van der Waals surface area (Å²) in [5.41, 5.74) is -0.332. The van der Waals surface area contributed by atoms with Gasteiger partial charge in [-0.25, -0.2) is 0 Å². The average molecular weight is 357 g/mol. The van der Waals surface area contributed by atoms with Crippen LogP contribution in [0.5, 0.6) is 0 Å². The van der Waals surface area contributed by atoms with E-state index in [1.165, 1.54) is 6.42 Å². The van der Waals surface area contributed by atoms with Gasteiger partial charge in [0.25, 0.3) is 5.95 Å². The van der Waals surface area contributed by atoms with E-state index in [1.54, 1.807) is 0 Å². The van der Waals surface area contributed by atoms with E-state index in [-0.39, 0.29) is 17.5 Å². The van der Waals surface area contributed by atoms with Gasteiger partial charge in [-0.05, 0) is 64.6 Å². The Morgan fingerprint density at radius 3 is 2.13 bits per heavy atom. The van der Waals surface area contributed by atoms with Crippen molar-refractivity contribution in [2.75, 3.05) is 0 Å². The summed E-state index contributed by atoms with van der Waals surface area (Å²) in [4.78, 5) is 12.7. The lowest BCUT2D eigenvalue weighted by atomic mass is 9.74. The van der Waals surface area contributed by atoms with Gasteiger partial charge in [0.05, 0.1) is 11.5 Å². The fourth-order valence-corrected chi connectivity index (χ4v) is 5.89. The van der Waals surface area contributed by atoms with E-state index in [2.05, 4.69) is 39.3 Å². The zero-order valence-corrected chi connectivity index (χ0v) is 17.5. The molecule has 0 aromatic heterocycles. The molecule has 2 rings (SSSR count). The smallest absolute Gasteiger partial charge is 0.319 e. The van der Waals surface area contributed by atoms with E-state index in [0.717, 1.165) is 25.7 Å². The van der Waals surface area contributed by atoms with Crippen LogP contribution in [0.4, 0.5) is 0 Å². The highest BCUT2D eigenvalue weighted by molar-refractivity contribution is 6.70. The average Bonchev–Trinajstić information content (AvgIpc) is 2.35. The minimum atomic E-state index is -1.76. The molecule has 1 fully saturated rings.